The minimum atomic E-state index is -4.23. The van der Waals surface area contributed by atoms with Gasteiger partial charge in [-0.25, -0.2) is 8.42 Å². The van der Waals surface area contributed by atoms with Gasteiger partial charge in [-0.05, 0) is 72.0 Å². The third-order valence-electron chi connectivity index (χ3n) is 7.33. The van der Waals surface area contributed by atoms with Crippen LogP contribution in [-0.2, 0) is 32.6 Å². The van der Waals surface area contributed by atoms with Gasteiger partial charge in [-0.1, -0.05) is 103 Å². The summed E-state index contributed by atoms with van der Waals surface area (Å²) in [5.74, 6) is -0.772. The average molecular weight is 701 g/mol. The van der Waals surface area contributed by atoms with Crippen LogP contribution in [0.15, 0.2) is 102 Å². The summed E-state index contributed by atoms with van der Waals surface area (Å²) in [4.78, 5) is 29.9. The topological polar surface area (TPSA) is 86.8 Å². The van der Waals surface area contributed by atoms with Gasteiger partial charge in [-0.3, -0.25) is 13.9 Å². The van der Waals surface area contributed by atoms with Crippen LogP contribution in [0.4, 0.5) is 5.69 Å². The highest BCUT2D eigenvalue weighted by Gasteiger charge is 2.35. The molecule has 2 amide bonds. The van der Waals surface area contributed by atoms with Crippen LogP contribution in [-0.4, -0.2) is 44.3 Å². The van der Waals surface area contributed by atoms with Crippen LogP contribution < -0.4 is 9.62 Å². The molecule has 0 radical (unpaired) electrons. The zero-order chi connectivity index (χ0) is 33.4. The van der Waals surface area contributed by atoms with Gasteiger partial charge in [0.1, 0.15) is 12.6 Å². The van der Waals surface area contributed by atoms with Crippen molar-refractivity contribution in [2.75, 3.05) is 17.4 Å². The highest BCUT2D eigenvalue weighted by atomic mass is 35.5. The van der Waals surface area contributed by atoms with Crippen LogP contribution in [0.1, 0.15) is 30.5 Å². The van der Waals surface area contributed by atoms with Gasteiger partial charge < -0.3 is 10.2 Å². The second kappa shape index (κ2) is 15.8. The molecule has 0 saturated heterocycles. The Kier molecular flexibility index (Phi) is 12.1. The summed E-state index contributed by atoms with van der Waals surface area (Å²) in [6.45, 7) is 5.48. The molecule has 4 rings (SSSR count). The van der Waals surface area contributed by atoms with Gasteiger partial charge in [0.05, 0.1) is 20.6 Å². The van der Waals surface area contributed by atoms with Crippen LogP contribution in [0.3, 0.4) is 0 Å². The largest absolute Gasteiger partial charge is 0.354 e. The molecule has 0 heterocycles. The molecule has 4 aromatic rings. The third kappa shape index (κ3) is 9.04. The van der Waals surface area contributed by atoms with E-state index in [1.54, 1.807) is 61.5 Å². The lowest BCUT2D eigenvalue weighted by molar-refractivity contribution is -0.140. The Balaban J connectivity index is 1.83. The summed E-state index contributed by atoms with van der Waals surface area (Å²) in [6.07, 6.45) is 0.198. The predicted octanol–water partition coefficient (Wildman–Crippen LogP) is 7.56. The number of nitrogens with one attached hydrogen (secondary N) is 1. The van der Waals surface area contributed by atoms with Crippen molar-refractivity contribution in [2.45, 2.75) is 44.7 Å². The second-order valence-corrected chi connectivity index (χ2v) is 14.5. The van der Waals surface area contributed by atoms with E-state index in [-0.39, 0.29) is 29.7 Å². The molecule has 4 aromatic carbocycles. The molecule has 0 fully saturated rings. The lowest BCUT2D eigenvalue weighted by atomic mass is 10.0. The van der Waals surface area contributed by atoms with Crippen molar-refractivity contribution in [2.24, 2.45) is 5.92 Å². The number of hydrogen-bond acceptors (Lipinski definition) is 4. The first kappa shape index (κ1) is 35.3. The molecule has 1 atom stereocenters. The maximum absolute atomic E-state index is 14.6. The molecule has 11 heteroatoms. The molecular weight excluding hydrogens is 665 g/mol. The predicted molar refractivity (Wildman–Crippen MR) is 186 cm³/mol. The number of rotatable bonds is 13. The molecule has 0 aliphatic heterocycles. The van der Waals surface area contributed by atoms with Crippen molar-refractivity contribution >= 4 is 62.3 Å². The first-order valence-corrected chi connectivity index (χ1v) is 17.3. The molecule has 0 aliphatic carbocycles. The average Bonchev–Trinajstić information content (AvgIpc) is 3.03. The van der Waals surface area contributed by atoms with Crippen molar-refractivity contribution in [3.05, 3.63) is 129 Å². The fraction of sp³-hybridized carbons (Fsp3) is 0.257. The monoisotopic (exact) mass is 699 g/mol. The Hall–Kier alpha value is -3.56. The number of aryl methyl sites for hydroxylation is 1. The zero-order valence-corrected chi connectivity index (χ0v) is 28.9. The van der Waals surface area contributed by atoms with Crippen molar-refractivity contribution in [1.29, 1.82) is 0 Å². The summed E-state index contributed by atoms with van der Waals surface area (Å²) in [6, 6.07) is 26.1. The van der Waals surface area contributed by atoms with Crippen molar-refractivity contribution < 1.29 is 18.0 Å². The fourth-order valence-electron chi connectivity index (χ4n) is 4.94. The SMILES string of the molecule is Cc1cc(Cl)ccc1N(CC(=O)N(Cc1ccc(Cl)c(Cl)c1)C(Cc1ccccc1)C(=O)NCC(C)C)S(=O)(=O)c1ccccc1. The van der Waals surface area contributed by atoms with Gasteiger partial charge in [0.25, 0.3) is 10.0 Å². The van der Waals surface area contributed by atoms with E-state index in [2.05, 4.69) is 5.32 Å². The Bertz CT molecular complexity index is 1770. The summed E-state index contributed by atoms with van der Waals surface area (Å²) in [7, 11) is -4.23. The Labute approximate surface area is 286 Å². The van der Waals surface area contributed by atoms with Gasteiger partial charge in [0.2, 0.25) is 11.8 Å². The lowest BCUT2D eigenvalue weighted by Gasteiger charge is -2.34. The minimum Gasteiger partial charge on any atom is -0.354 e. The van der Waals surface area contributed by atoms with E-state index in [0.717, 1.165) is 9.87 Å². The van der Waals surface area contributed by atoms with E-state index in [1.165, 1.54) is 17.0 Å². The zero-order valence-electron chi connectivity index (χ0n) is 25.8. The first-order chi connectivity index (χ1) is 21.9. The van der Waals surface area contributed by atoms with E-state index in [9.17, 15) is 18.0 Å². The molecule has 0 aromatic heterocycles. The summed E-state index contributed by atoms with van der Waals surface area (Å²) in [5.41, 5.74) is 2.31. The van der Waals surface area contributed by atoms with Gasteiger partial charge >= 0.3 is 0 Å². The Morgan fingerprint density at radius 3 is 2.07 bits per heavy atom. The van der Waals surface area contributed by atoms with Crippen LogP contribution in [0.25, 0.3) is 0 Å². The molecule has 0 aliphatic rings. The van der Waals surface area contributed by atoms with Gasteiger partial charge in [0.15, 0.2) is 0 Å². The maximum atomic E-state index is 14.6. The van der Waals surface area contributed by atoms with Crippen LogP contribution in [0.5, 0.6) is 0 Å². The van der Waals surface area contributed by atoms with Crippen LogP contribution >= 0.6 is 34.8 Å². The van der Waals surface area contributed by atoms with E-state index in [4.69, 9.17) is 34.8 Å². The molecule has 46 heavy (non-hydrogen) atoms. The number of benzene rings is 4. The Morgan fingerprint density at radius 2 is 1.46 bits per heavy atom. The molecule has 0 spiro atoms. The van der Waals surface area contributed by atoms with Crippen molar-refractivity contribution in [3.8, 4) is 0 Å². The number of carbonyl (C=O) groups excluding carboxylic acids is 2. The minimum absolute atomic E-state index is 0.0173. The Morgan fingerprint density at radius 1 is 0.804 bits per heavy atom. The number of halogens is 3. The number of sulfonamides is 1. The number of anilines is 1. The van der Waals surface area contributed by atoms with E-state index < -0.39 is 28.5 Å². The molecular formula is C35H36Cl3N3O4S. The van der Waals surface area contributed by atoms with Gasteiger partial charge in [-0.2, -0.15) is 0 Å². The van der Waals surface area contributed by atoms with Crippen LogP contribution in [0.2, 0.25) is 15.1 Å². The normalized spacial score (nSPS) is 12.1. The van der Waals surface area contributed by atoms with E-state index in [0.29, 0.717) is 38.4 Å². The molecule has 1 unspecified atom stereocenters. The summed E-state index contributed by atoms with van der Waals surface area (Å²) < 4.78 is 29.4. The molecule has 242 valence electrons. The number of hydrogen-bond donors (Lipinski definition) is 1. The number of amides is 2. The quantitative estimate of drug-likeness (QED) is 0.156. The highest BCUT2D eigenvalue weighted by molar-refractivity contribution is 7.92. The standard InChI is InChI=1S/C35H36Cl3N3O4S/c1-24(2)21-39-35(43)33(20-26-10-6-4-7-11-26)40(22-27-14-16-30(37)31(38)19-27)34(42)23-41(32-17-15-28(36)18-25(32)3)46(44,45)29-12-8-5-9-13-29/h4-19,24,33H,20-23H2,1-3H3,(H,39,43). The maximum Gasteiger partial charge on any atom is 0.264 e. The van der Waals surface area contributed by atoms with E-state index in [1.807, 2.05) is 44.2 Å². The fourth-order valence-corrected chi connectivity index (χ4v) is 6.99. The third-order valence-corrected chi connectivity index (χ3v) is 10.1. The first-order valence-electron chi connectivity index (χ1n) is 14.8. The summed E-state index contributed by atoms with van der Waals surface area (Å²) >= 11 is 18.7. The van der Waals surface area contributed by atoms with Gasteiger partial charge in [0, 0.05) is 24.5 Å². The molecule has 1 N–H and O–H groups in total. The van der Waals surface area contributed by atoms with Crippen molar-refractivity contribution in [3.63, 3.8) is 0 Å². The molecule has 7 nitrogen and oxygen atoms in total. The highest BCUT2D eigenvalue weighted by Crippen LogP contribution is 2.30. The lowest BCUT2D eigenvalue weighted by Crippen LogP contribution is -2.53. The number of carbonyl (C=O) groups is 2. The molecule has 0 bridgehead atoms. The summed E-state index contributed by atoms with van der Waals surface area (Å²) in [5, 5.41) is 4.04. The second-order valence-electron chi connectivity index (χ2n) is 11.4. The van der Waals surface area contributed by atoms with Gasteiger partial charge in [-0.15, -0.1) is 0 Å². The van der Waals surface area contributed by atoms with Crippen molar-refractivity contribution in [1.82, 2.24) is 10.2 Å². The van der Waals surface area contributed by atoms with E-state index >= 15 is 0 Å². The molecule has 0 saturated carbocycles. The number of nitrogens with zero attached hydrogens (tertiary/aromatic N) is 2. The van der Waals surface area contributed by atoms with Crippen LogP contribution in [0, 0.1) is 12.8 Å². The smallest absolute Gasteiger partial charge is 0.264 e.